The summed E-state index contributed by atoms with van der Waals surface area (Å²) < 4.78 is 10.5. The van der Waals surface area contributed by atoms with Crippen LogP contribution in [0.4, 0.5) is 0 Å². The smallest absolute Gasteiger partial charge is 0.335 e. The number of ether oxygens (including phenoxy) is 2. The predicted molar refractivity (Wildman–Crippen MR) is 78.3 cm³/mol. The van der Waals surface area contributed by atoms with Gasteiger partial charge in [0.25, 0.3) is 5.91 Å². The Labute approximate surface area is 122 Å². The van der Waals surface area contributed by atoms with Crippen LogP contribution in [0.2, 0.25) is 0 Å². The van der Waals surface area contributed by atoms with Crippen molar-refractivity contribution in [2.45, 2.75) is 72.6 Å². The van der Waals surface area contributed by atoms with E-state index in [-0.39, 0.29) is 11.9 Å². The van der Waals surface area contributed by atoms with Gasteiger partial charge in [-0.05, 0) is 39.5 Å². The molecule has 0 heterocycles. The lowest BCUT2D eigenvalue weighted by atomic mass is 10.1. The Balaban J connectivity index is 4.07. The summed E-state index contributed by atoms with van der Waals surface area (Å²) in [6.07, 6.45) is 0.281. The molecule has 118 valence electrons. The summed E-state index contributed by atoms with van der Waals surface area (Å²) in [5, 5.41) is 2.77. The van der Waals surface area contributed by atoms with Crippen LogP contribution in [0.15, 0.2) is 0 Å². The zero-order chi connectivity index (χ0) is 15.7. The molecule has 0 aliphatic carbocycles. The van der Waals surface area contributed by atoms with Gasteiger partial charge in [-0.3, -0.25) is 4.79 Å². The zero-order valence-corrected chi connectivity index (χ0v) is 13.6. The Morgan fingerprint density at radius 2 is 1.65 bits per heavy atom. The number of carbonyl (C=O) groups is 2. The van der Waals surface area contributed by atoms with Crippen molar-refractivity contribution in [3.63, 3.8) is 0 Å². The third-order valence-electron chi connectivity index (χ3n) is 3.06. The van der Waals surface area contributed by atoms with Crippen molar-refractivity contribution in [3.05, 3.63) is 0 Å². The molecule has 0 aromatic carbocycles. The topological polar surface area (TPSA) is 64.6 Å². The van der Waals surface area contributed by atoms with Gasteiger partial charge >= 0.3 is 5.97 Å². The summed E-state index contributed by atoms with van der Waals surface area (Å²) in [6, 6.07) is 0.0726. The summed E-state index contributed by atoms with van der Waals surface area (Å²) in [4.78, 5) is 23.5. The maximum atomic E-state index is 11.8. The molecule has 3 atom stereocenters. The average Bonchev–Trinajstić information content (AvgIpc) is 2.37. The fraction of sp³-hybridized carbons (Fsp3) is 0.867. The standard InChI is InChI=1S/C15H29NO4/c1-7-11(4)16-14(17)12(5)20-15(18)13(6)19-9-8-10(2)3/h10-13H,7-9H2,1-6H3,(H,16,17). The van der Waals surface area contributed by atoms with Gasteiger partial charge in [-0.2, -0.15) is 0 Å². The lowest BCUT2D eigenvalue weighted by Gasteiger charge is -2.19. The van der Waals surface area contributed by atoms with Crippen molar-refractivity contribution in [3.8, 4) is 0 Å². The van der Waals surface area contributed by atoms with Gasteiger partial charge in [0.05, 0.1) is 0 Å². The van der Waals surface area contributed by atoms with E-state index in [9.17, 15) is 9.59 Å². The van der Waals surface area contributed by atoms with E-state index in [2.05, 4.69) is 19.2 Å². The van der Waals surface area contributed by atoms with Gasteiger partial charge in [0.2, 0.25) is 0 Å². The molecular weight excluding hydrogens is 258 g/mol. The molecule has 5 nitrogen and oxygen atoms in total. The van der Waals surface area contributed by atoms with E-state index in [1.807, 2.05) is 13.8 Å². The number of hydrogen-bond acceptors (Lipinski definition) is 4. The molecule has 0 rings (SSSR count). The highest BCUT2D eigenvalue weighted by molar-refractivity contribution is 5.84. The van der Waals surface area contributed by atoms with Crippen LogP contribution in [0.25, 0.3) is 0 Å². The molecule has 0 fully saturated rings. The quantitative estimate of drug-likeness (QED) is 0.661. The summed E-state index contributed by atoms with van der Waals surface area (Å²) >= 11 is 0. The second-order valence-electron chi connectivity index (χ2n) is 5.59. The van der Waals surface area contributed by atoms with Crippen molar-refractivity contribution in [1.29, 1.82) is 0 Å². The summed E-state index contributed by atoms with van der Waals surface area (Å²) in [5.74, 6) is -0.249. The Morgan fingerprint density at radius 1 is 1.05 bits per heavy atom. The zero-order valence-electron chi connectivity index (χ0n) is 13.6. The number of nitrogens with one attached hydrogen (secondary N) is 1. The monoisotopic (exact) mass is 287 g/mol. The minimum atomic E-state index is -0.798. The summed E-state index contributed by atoms with van der Waals surface area (Å²) in [7, 11) is 0. The van der Waals surface area contributed by atoms with Gasteiger partial charge < -0.3 is 14.8 Å². The van der Waals surface area contributed by atoms with Crippen LogP contribution in [-0.4, -0.2) is 36.7 Å². The maximum absolute atomic E-state index is 11.8. The first-order valence-electron chi connectivity index (χ1n) is 7.40. The highest BCUT2D eigenvalue weighted by atomic mass is 16.6. The maximum Gasteiger partial charge on any atom is 0.335 e. The fourth-order valence-corrected chi connectivity index (χ4v) is 1.33. The highest BCUT2D eigenvalue weighted by Crippen LogP contribution is 2.04. The Hall–Kier alpha value is -1.10. The van der Waals surface area contributed by atoms with Gasteiger partial charge in [0, 0.05) is 12.6 Å². The third kappa shape index (κ3) is 8.15. The summed E-state index contributed by atoms with van der Waals surface area (Å²) in [6.45, 7) is 11.8. The second kappa shape index (κ2) is 9.75. The molecule has 1 N–H and O–H groups in total. The van der Waals surface area contributed by atoms with Crippen LogP contribution in [0, 0.1) is 5.92 Å². The number of esters is 1. The molecule has 0 bridgehead atoms. The fourth-order valence-electron chi connectivity index (χ4n) is 1.33. The van der Waals surface area contributed by atoms with Gasteiger partial charge in [-0.1, -0.05) is 20.8 Å². The molecule has 0 saturated carbocycles. The highest BCUT2D eigenvalue weighted by Gasteiger charge is 2.22. The first kappa shape index (κ1) is 18.9. The first-order valence-corrected chi connectivity index (χ1v) is 7.40. The Bertz CT molecular complexity index is 304. The van der Waals surface area contributed by atoms with Crippen molar-refractivity contribution in [2.24, 2.45) is 5.92 Å². The van der Waals surface area contributed by atoms with Gasteiger partial charge in [-0.25, -0.2) is 4.79 Å². The van der Waals surface area contributed by atoms with Crippen LogP contribution in [-0.2, 0) is 19.1 Å². The average molecular weight is 287 g/mol. The van der Waals surface area contributed by atoms with Crippen LogP contribution < -0.4 is 5.32 Å². The molecular formula is C15H29NO4. The van der Waals surface area contributed by atoms with E-state index in [0.29, 0.717) is 12.5 Å². The van der Waals surface area contributed by atoms with E-state index in [1.54, 1.807) is 13.8 Å². The molecule has 0 spiro atoms. The van der Waals surface area contributed by atoms with Crippen LogP contribution in [0.1, 0.15) is 54.4 Å². The number of carbonyl (C=O) groups excluding carboxylic acids is 2. The molecule has 0 aromatic rings. The van der Waals surface area contributed by atoms with Gasteiger partial charge in [-0.15, -0.1) is 0 Å². The van der Waals surface area contributed by atoms with Crippen LogP contribution >= 0.6 is 0 Å². The Kier molecular flexibility index (Phi) is 9.21. The van der Waals surface area contributed by atoms with E-state index < -0.39 is 18.2 Å². The Morgan fingerprint density at radius 3 is 2.15 bits per heavy atom. The van der Waals surface area contributed by atoms with Crippen LogP contribution in [0.5, 0.6) is 0 Å². The molecule has 0 aromatic heterocycles. The van der Waals surface area contributed by atoms with Crippen molar-refractivity contribution < 1.29 is 19.1 Å². The van der Waals surface area contributed by atoms with E-state index in [4.69, 9.17) is 9.47 Å². The molecule has 5 heteroatoms. The molecule has 0 radical (unpaired) electrons. The summed E-state index contributed by atoms with van der Waals surface area (Å²) in [5.41, 5.74) is 0. The minimum Gasteiger partial charge on any atom is -0.451 e. The van der Waals surface area contributed by atoms with E-state index in [0.717, 1.165) is 12.8 Å². The van der Waals surface area contributed by atoms with Crippen molar-refractivity contribution in [2.75, 3.05) is 6.61 Å². The largest absolute Gasteiger partial charge is 0.451 e. The van der Waals surface area contributed by atoms with E-state index >= 15 is 0 Å². The van der Waals surface area contributed by atoms with Crippen molar-refractivity contribution in [1.82, 2.24) is 5.32 Å². The lowest BCUT2D eigenvalue weighted by Crippen LogP contribution is -2.41. The molecule has 0 saturated heterocycles. The molecule has 20 heavy (non-hydrogen) atoms. The SMILES string of the molecule is CCC(C)NC(=O)C(C)OC(=O)C(C)OCCC(C)C. The normalized spacial score (nSPS) is 15.6. The van der Waals surface area contributed by atoms with Crippen molar-refractivity contribution >= 4 is 11.9 Å². The lowest BCUT2D eigenvalue weighted by molar-refractivity contribution is -0.165. The number of rotatable bonds is 9. The third-order valence-corrected chi connectivity index (χ3v) is 3.06. The van der Waals surface area contributed by atoms with E-state index in [1.165, 1.54) is 0 Å². The molecule has 1 amide bonds. The number of amides is 1. The number of hydrogen-bond donors (Lipinski definition) is 1. The van der Waals surface area contributed by atoms with Crippen LogP contribution in [0.3, 0.4) is 0 Å². The second-order valence-corrected chi connectivity index (χ2v) is 5.59. The molecule has 3 unspecified atom stereocenters. The molecule has 0 aliphatic rings. The van der Waals surface area contributed by atoms with Gasteiger partial charge in [0.1, 0.15) is 0 Å². The minimum absolute atomic E-state index is 0.0726. The molecule has 0 aliphatic heterocycles. The first-order chi connectivity index (χ1) is 9.27. The predicted octanol–water partition coefficient (Wildman–Crippen LogP) is 2.28. The van der Waals surface area contributed by atoms with Gasteiger partial charge in [0.15, 0.2) is 12.2 Å².